The van der Waals surface area contributed by atoms with Crippen molar-refractivity contribution >= 4 is 28.5 Å². The number of H-pyrrole nitrogens is 1. The average Bonchev–Trinajstić information content (AvgIpc) is 3.21. The maximum Gasteiger partial charge on any atom is 0.231 e. The summed E-state index contributed by atoms with van der Waals surface area (Å²) >= 11 is 0. The summed E-state index contributed by atoms with van der Waals surface area (Å²) in [7, 11) is 1.68. The van der Waals surface area contributed by atoms with Crippen LogP contribution in [0.3, 0.4) is 0 Å². The Hall–Kier alpha value is -2.61. The molecule has 0 spiro atoms. The second-order valence-corrected chi connectivity index (χ2v) is 7.16. The molecule has 4 rings (SSSR count). The number of methoxy groups -OCH3 is 1. The smallest absolute Gasteiger partial charge is 0.231 e. The van der Waals surface area contributed by atoms with E-state index < -0.39 is 0 Å². The lowest BCUT2D eigenvalue weighted by atomic mass is 10.3. The van der Waals surface area contributed by atoms with Gasteiger partial charge in [-0.3, -0.25) is 4.68 Å². The highest BCUT2D eigenvalue weighted by molar-refractivity contribution is 5.88. The fourth-order valence-corrected chi connectivity index (χ4v) is 2.92. The molecule has 1 saturated carbocycles. The Morgan fingerprint density at radius 2 is 2.14 bits per heavy atom. The maximum absolute atomic E-state index is 5.15. The molecule has 0 saturated heterocycles. The summed E-state index contributed by atoms with van der Waals surface area (Å²) in [6.45, 7) is 7.75. The highest BCUT2D eigenvalue weighted by atomic mass is 16.5. The molecule has 1 aliphatic rings. The molecule has 8 heteroatoms. The van der Waals surface area contributed by atoms with Crippen LogP contribution in [0.15, 0.2) is 24.7 Å². The van der Waals surface area contributed by atoms with E-state index in [1.807, 2.05) is 37.0 Å². The van der Waals surface area contributed by atoms with Crippen LogP contribution in [0.1, 0.15) is 46.1 Å². The van der Waals surface area contributed by atoms with Crippen LogP contribution in [0.4, 0.5) is 17.5 Å². The molecule has 3 aromatic rings. The van der Waals surface area contributed by atoms with E-state index in [-0.39, 0.29) is 6.04 Å². The van der Waals surface area contributed by atoms with E-state index in [4.69, 9.17) is 4.74 Å². The van der Waals surface area contributed by atoms with Crippen molar-refractivity contribution in [3.63, 3.8) is 0 Å². The van der Waals surface area contributed by atoms with Crippen LogP contribution >= 0.6 is 0 Å². The summed E-state index contributed by atoms with van der Waals surface area (Å²) in [5.74, 6) is 2.46. The first kappa shape index (κ1) is 20.1. The van der Waals surface area contributed by atoms with E-state index in [0.29, 0.717) is 12.6 Å². The van der Waals surface area contributed by atoms with Crippen molar-refractivity contribution in [2.75, 3.05) is 30.9 Å². The zero-order chi connectivity index (χ0) is 19.9. The molecule has 1 unspecified atom stereocenters. The van der Waals surface area contributed by atoms with E-state index >= 15 is 0 Å². The molecular formula is C20H31N7O. The monoisotopic (exact) mass is 385 g/mol. The highest BCUT2D eigenvalue weighted by Gasteiger charge is 2.17. The van der Waals surface area contributed by atoms with E-state index in [0.717, 1.165) is 35.0 Å². The zero-order valence-electron chi connectivity index (χ0n) is 17.2. The van der Waals surface area contributed by atoms with Crippen molar-refractivity contribution in [2.24, 2.45) is 5.92 Å². The predicted molar refractivity (Wildman–Crippen MR) is 113 cm³/mol. The van der Waals surface area contributed by atoms with E-state index in [1.165, 1.54) is 19.3 Å². The second kappa shape index (κ2) is 9.54. The maximum atomic E-state index is 5.15. The van der Waals surface area contributed by atoms with Crippen molar-refractivity contribution in [3.8, 4) is 0 Å². The first-order valence-corrected chi connectivity index (χ1v) is 10.0. The molecule has 28 heavy (non-hydrogen) atoms. The molecule has 1 aliphatic carbocycles. The van der Waals surface area contributed by atoms with Crippen molar-refractivity contribution in [3.05, 3.63) is 24.7 Å². The molecule has 8 nitrogen and oxygen atoms in total. The van der Waals surface area contributed by atoms with Gasteiger partial charge in [-0.2, -0.15) is 15.1 Å². The Kier molecular flexibility index (Phi) is 6.86. The number of fused-ring (bicyclic) bond motifs is 1. The zero-order valence-corrected chi connectivity index (χ0v) is 17.2. The standard InChI is InChI=1S/C15H21N7O.C5H10/c1-4-16-13-12-5-6-17-14(12)21-15(20-13)19-11-7-18-22(8-11)10(2)9-23-3;1-2-5-3-4-5/h5-8,10H,4,9H2,1-3H3,(H3,16,17,19,20,21);5H,2-4H2,1H3. The number of hydrogen-bond acceptors (Lipinski definition) is 6. The van der Waals surface area contributed by atoms with Gasteiger partial charge in [-0.1, -0.05) is 26.2 Å². The Balaban J connectivity index is 0.000000391. The van der Waals surface area contributed by atoms with Crippen LogP contribution in [0.25, 0.3) is 11.0 Å². The van der Waals surface area contributed by atoms with Gasteiger partial charge in [0.2, 0.25) is 5.95 Å². The van der Waals surface area contributed by atoms with Crippen LogP contribution in [0.2, 0.25) is 0 Å². The molecule has 0 aliphatic heterocycles. The van der Waals surface area contributed by atoms with Crippen LogP contribution in [0.5, 0.6) is 0 Å². The normalized spacial score (nSPS) is 14.4. The van der Waals surface area contributed by atoms with Crippen molar-refractivity contribution < 1.29 is 4.74 Å². The minimum atomic E-state index is 0.166. The molecule has 0 bridgehead atoms. The first-order chi connectivity index (χ1) is 13.6. The Morgan fingerprint density at radius 3 is 2.79 bits per heavy atom. The topological polar surface area (TPSA) is 92.7 Å². The van der Waals surface area contributed by atoms with Crippen LogP contribution < -0.4 is 10.6 Å². The third-order valence-electron chi connectivity index (χ3n) is 4.75. The number of aromatic amines is 1. The summed E-state index contributed by atoms with van der Waals surface area (Å²) in [6, 6.07) is 2.13. The van der Waals surface area contributed by atoms with Gasteiger partial charge in [0.05, 0.1) is 29.9 Å². The molecule has 1 atom stereocenters. The van der Waals surface area contributed by atoms with Gasteiger partial charge in [0.1, 0.15) is 11.5 Å². The Bertz CT molecular complexity index is 868. The van der Waals surface area contributed by atoms with Gasteiger partial charge in [0.15, 0.2) is 0 Å². The van der Waals surface area contributed by atoms with Crippen LogP contribution in [0, 0.1) is 5.92 Å². The summed E-state index contributed by atoms with van der Waals surface area (Å²) in [5, 5.41) is 11.8. The number of rotatable bonds is 8. The van der Waals surface area contributed by atoms with Gasteiger partial charge in [-0.15, -0.1) is 0 Å². The molecule has 3 heterocycles. The minimum absolute atomic E-state index is 0.166. The molecule has 3 aromatic heterocycles. The van der Waals surface area contributed by atoms with Gasteiger partial charge in [0.25, 0.3) is 0 Å². The molecule has 152 valence electrons. The summed E-state index contributed by atoms with van der Waals surface area (Å²) in [5.41, 5.74) is 1.62. The molecule has 0 aromatic carbocycles. The molecule has 3 N–H and O–H groups in total. The summed E-state index contributed by atoms with van der Waals surface area (Å²) in [4.78, 5) is 12.1. The SMILES string of the molecule is CCC1CC1.CCNc1nc(Nc2cnn(C(C)COC)c2)nc2[nH]ccc12. The van der Waals surface area contributed by atoms with Crippen LogP contribution in [-0.2, 0) is 4.74 Å². The van der Waals surface area contributed by atoms with Crippen molar-refractivity contribution in [1.29, 1.82) is 0 Å². The van der Waals surface area contributed by atoms with E-state index in [9.17, 15) is 0 Å². The predicted octanol–water partition coefficient (Wildman–Crippen LogP) is 4.34. The molecule has 1 fully saturated rings. The fraction of sp³-hybridized carbons (Fsp3) is 0.550. The number of aromatic nitrogens is 5. The van der Waals surface area contributed by atoms with Gasteiger partial charge in [0, 0.05) is 26.0 Å². The quantitative estimate of drug-likeness (QED) is 0.534. The lowest BCUT2D eigenvalue weighted by molar-refractivity contribution is 0.157. The average molecular weight is 386 g/mol. The molecule has 0 radical (unpaired) electrons. The largest absolute Gasteiger partial charge is 0.382 e. The lowest BCUT2D eigenvalue weighted by Crippen LogP contribution is -2.11. The first-order valence-electron chi connectivity index (χ1n) is 10.0. The highest BCUT2D eigenvalue weighted by Crippen LogP contribution is 2.31. The lowest BCUT2D eigenvalue weighted by Gasteiger charge is -2.10. The third kappa shape index (κ3) is 5.22. The minimum Gasteiger partial charge on any atom is -0.382 e. The van der Waals surface area contributed by atoms with Gasteiger partial charge < -0.3 is 20.4 Å². The third-order valence-corrected chi connectivity index (χ3v) is 4.75. The van der Waals surface area contributed by atoms with Crippen molar-refractivity contribution in [2.45, 2.75) is 46.1 Å². The number of nitrogens with zero attached hydrogens (tertiary/aromatic N) is 4. The van der Waals surface area contributed by atoms with Crippen molar-refractivity contribution in [1.82, 2.24) is 24.7 Å². The Labute approximate surface area is 166 Å². The second-order valence-electron chi connectivity index (χ2n) is 7.16. The van der Waals surface area contributed by atoms with Crippen LogP contribution in [-0.4, -0.2) is 45.0 Å². The number of hydrogen-bond donors (Lipinski definition) is 3. The van der Waals surface area contributed by atoms with Gasteiger partial charge in [-0.25, -0.2) is 0 Å². The molecular weight excluding hydrogens is 354 g/mol. The summed E-state index contributed by atoms with van der Waals surface area (Å²) < 4.78 is 7.00. The number of anilines is 3. The van der Waals surface area contributed by atoms with Gasteiger partial charge >= 0.3 is 0 Å². The number of nitrogens with one attached hydrogen (secondary N) is 3. The molecule has 0 amide bonds. The fourth-order valence-electron chi connectivity index (χ4n) is 2.92. The Morgan fingerprint density at radius 1 is 1.32 bits per heavy atom. The van der Waals surface area contributed by atoms with E-state index in [2.05, 4.69) is 37.6 Å². The van der Waals surface area contributed by atoms with E-state index in [1.54, 1.807) is 13.3 Å². The summed E-state index contributed by atoms with van der Waals surface area (Å²) in [6.07, 6.45) is 9.96. The van der Waals surface area contributed by atoms with Gasteiger partial charge in [-0.05, 0) is 25.8 Å². The number of ether oxygens (including phenoxy) is 1.